The van der Waals surface area contributed by atoms with Gasteiger partial charge in [0.15, 0.2) is 0 Å². The topological polar surface area (TPSA) is 55.9 Å². The molecule has 30 heavy (non-hydrogen) atoms. The number of aromatic nitrogens is 4. The maximum Gasteiger partial charge on any atom is 0.223 e. The standard InChI is InChI=1S/C23H26F2N4O/c1-4-6-14-7-8-15(11-18(14)24)23-26-20(13-30)22(25)29(23)16-9-10-19-17(12-16)21(5-2)28(3)27-19/h7-8,11-12,30H,4-6,9-10,13H2,1-3H3. The van der Waals surface area contributed by atoms with Crippen molar-refractivity contribution in [1.29, 1.82) is 0 Å². The SMILES string of the molecule is CCCc1ccc(-c2nc(CO)c(F)n2C2=Cc3c(nn(C)c3CC)CC2)cc1F. The first kappa shape index (κ1) is 20.5. The lowest BCUT2D eigenvalue weighted by Gasteiger charge is -2.17. The van der Waals surface area contributed by atoms with Crippen LogP contribution in [0, 0.1) is 11.8 Å². The van der Waals surface area contributed by atoms with Crippen LogP contribution >= 0.6 is 0 Å². The average Bonchev–Trinajstić information content (AvgIpc) is 3.24. The lowest BCUT2D eigenvalue weighted by molar-refractivity contribution is 0.270. The normalized spacial score (nSPS) is 13.5. The van der Waals surface area contributed by atoms with E-state index in [0.717, 1.165) is 35.5 Å². The third-order valence-electron chi connectivity index (χ3n) is 5.70. The van der Waals surface area contributed by atoms with Crippen molar-refractivity contribution in [2.75, 3.05) is 0 Å². The summed E-state index contributed by atoms with van der Waals surface area (Å²) in [7, 11) is 1.92. The molecule has 4 rings (SSSR count). The van der Waals surface area contributed by atoms with Crippen LogP contribution in [-0.4, -0.2) is 24.4 Å². The fraction of sp³-hybridized carbons (Fsp3) is 0.391. The monoisotopic (exact) mass is 412 g/mol. The number of benzene rings is 1. The molecule has 0 saturated carbocycles. The number of halogens is 2. The highest BCUT2D eigenvalue weighted by Crippen LogP contribution is 2.34. The van der Waals surface area contributed by atoms with Crippen molar-refractivity contribution in [2.45, 2.75) is 52.6 Å². The molecule has 0 bridgehead atoms. The molecule has 1 aliphatic carbocycles. The van der Waals surface area contributed by atoms with Crippen LogP contribution in [-0.2, 0) is 32.9 Å². The van der Waals surface area contributed by atoms with Crippen LogP contribution in [0.15, 0.2) is 18.2 Å². The maximum atomic E-state index is 15.2. The Hall–Kier alpha value is -2.80. The minimum Gasteiger partial charge on any atom is -0.390 e. The van der Waals surface area contributed by atoms with E-state index in [2.05, 4.69) is 17.0 Å². The van der Waals surface area contributed by atoms with Crippen molar-refractivity contribution >= 4 is 11.8 Å². The number of aryl methyl sites for hydroxylation is 3. The van der Waals surface area contributed by atoms with Crippen molar-refractivity contribution < 1.29 is 13.9 Å². The molecule has 0 fully saturated rings. The quantitative estimate of drug-likeness (QED) is 0.648. The predicted molar refractivity (Wildman–Crippen MR) is 113 cm³/mol. The van der Waals surface area contributed by atoms with Crippen molar-refractivity contribution in [3.8, 4) is 11.4 Å². The van der Waals surface area contributed by atoms with Gasteiger partial charge in [0.1, 0.15) is 17.3 Å². The molecule has 0 atom stereocenters. The molecule has 7 heteroatoms. The van der Waals surface area contributed by atoms with Crippen molar-refractivity contribution in [2.24, 2.45) is 7.05 Å². The van der Waals surface area contributed by atoms with Gasteiger partial charge in [0.05, 0.1) is 12.3 Å². The van der Waals surface area contributed by atoms with Gasteiger partial charge in [-0.15, -0.1) is 0 Å². The van der Waals surface area contributed by atoms with E-state index in [9.17, 15) is 9.50 Å². The van der Waals surface area contributed by atoms with Crippen LogP contribution in [0.4, 0.5) is 8.78 Å². The van der Waals surface area contributed by atoms with Crippen LogP contribution < -0.4 is 0 Å². The van der Waals surface area contributed by atoms with Crippen LogP contribution in [0.1, 0.15) is 54.9 Å². The van der Waals surface area contributed by atoms with E-state index in [0.29, 0.717) is 36.2 Å². The van der Waals surface area contributed by atoms with Crippen LogP contribution in [0.2, 0.25) is 0 Å². The average molecular weight is 412 g/mol. The molecule has 2 aromatic heterocycles. The van der Waals surface area contributed by atoms with Gasteiger partial charge in [-0.05, 0) is 43.4 Å². The largest absolute Gasteiger partial charge is 0.390 e. The number of allylic oxidation sites excluding steroid dienone is 1. The highest BCUT2D eigenvalue weighted by atomic mass is 19.1. The molecule has 2 heterocycles. The molecule has 1 aliphatic rings. The summed E-state index contributed by atoms with van der Waals surface area (Å²) < 4.78 is 33.1. The molecule has 0 aliphatic heterocycles. The summed E-state index contributed by atoms with van der Waals surface area (Å²) in [6, 6.07) is 4.90. The molecule has 0 saturated heterocycles. The lowest BCUT2D eigenvalue weighted by atomic mass is 9.98. The molecule has 5 nitrogen and oxygen atoms in total. The summed E-state index contributed by atoms with van der Waals surface area (Å²) in [5, 5.41) is 14.2. The first-order chi connectivity index (χ1) is 14.5. The Bertz CT molecular complexity index is 1130. The number of rotatable bonds is 6. The zero-order valence-electron chi connectivity index (χ0n) is 17.5. The molecular weight excluding hydrogens is 386 g/mol. The van der Waals surface area contributed by atoms with Crippen molar-refractivity contribution in [3.05, 3.63) is 58.2 Å². The summed E-state index contributed by atoms with van der Waals surface area (Å²) in [5.74, 6) is -0.632. The molecule has 0 unspecified atom stereocenters. The molecular formula is C23H26F2N4O. The van der Waals surface area contributed by atoms with E-state index in [4.69, 9.17) is 0 Å². The molecule has 0 spiro atoms. The second-order valence-corrected chi connectivity index (χ2v) is 7.64. The molecule has 158 valence electrons. The van der Waals surface area contributed by atoms with Crippen LogP contribution in [0.25, 0.3) is 23.2 Å². The zero-order chi connectivity index (χ0) is 21.4. The number of nitrogens with zero attached hydrogens (tertiary/aromatic N) is 4. The Morgan fingerprint density at radius 1 is 1.17 bits per heavy atom. The maximum absolute atomic E-state index is 15.2. The summed E-state index contributed by atoms with van der Waals surface area (Å²) in [4.78, 5) is 4.30. The van der Waals surface area contributed by atoms with E-state index in [1.165, 1.54) is 10.6 Å². The van der Waals surface area contributed by atoms with Gasteiger partial charge in [0.25, 0.3) is 0 Å². The van der Waals surface area contributed by atoms with Gasteiger partial charge in [-0.1, -0.05) is 32.4 Å². The van der Waals surface area contributed by atoms with Gasteiger partial charge in [0, 0.05) is 29.6 Å². The van der Waals surface area contributed by atoms with Crippen molar-refractivity contribution in [1.82, 2.24) is 19.3 Å². The van der Waals surface area contributed by atoms with Gasteiger partial charge < -0.3 is 5.11 Å². The second kappa shape index (κ2) is 8.14. The number of hydrogen-bond acceptors (Lipinski definition) is 3. The molecule has 3 aromatic rings. The Morgan fingerprint density at radius 3 is 2.63 bits per heavy atom. The lowest BCUT2D eigenvalue weighted by Crippen LogP contribution is -2.09. The zero-order valence-corrected chi connectivity index (χ0v) is 17.5. The number of imidazole rings is 1. The number of fused-ring (bicyclic) bond motifs is 1. The first-order valence-corrected chi connectivity index (χ1v) is 10.4. The number of aliphatic hydroxyl groups is 1. The molecule has 0 amide bonds. The van der Waals surface area contributed by atoms with E-state index in [1.807, 2.05) is 24.7 Å². The van der Waals surface area contributed by atoms with Gasteiger partial charge >= 0.3 is 0 Å². The fourth-order valence-electron chi connectivity index (χ4n) is 4.23. The minimum atomic E-state index is -0.609. The Balaban J connectivity index is 1.86. The smallest absolute Gasteiger partial charge is 0.223 e. The number of hydrogen-bond donors (Lipinski definition) is 1. The number of aliphatic hydroxyl groups excluding tert-OH is 1. The summed E-state index contributed by atoms with van der Waals surface area (Å²) in [5.41, 5.74) is 4.89. The van der Waals surface area contributed by atoms with Gasteiger partial charge in [-0.25, -0.2) is 9.37 Å². The minimum absolute atomic E-state index is 0.0448. The summed E-state index contributed by atoms with van der Waals surface area (Å²) in [6.45, 7) is 3.54. The highest BCUT2D eigenvalue weighted by molar-refractivity contribution is 5.78. The summed E-state index contributed by atoms with van der Waals surface area (Å²) >= 11 is 0. The highest BCUT2D eigenvalue weighted by Gasteiger charge is 2.25. The van der Waals surface area contributed by atoms with Gasteiger partial charge in [-0.3, -0.25) is 9.25 Å². The Kier molecular flexibility index (Phi) is 5.56. The Morgan fingerprint density at radius 2 is 1.97 bits per heavy atom. The van der Waals surface area contributed by atoms with E-state index in [-0.39, 0.29) is 11.5 Å². The third kappa shape index (κ3) is 3.37. The van der Waals surface area contributed by atoms with Crippen LogP contribution in [0.5, 0.6) is 0 Å². The van der Waals surface area contributed by atoms with E-state index in [1.54, 1.807) is 12.1 Å². The van der Waals surface area contributed by atoms with Gasteiger partial charge in [-0.2, -0.15) is 9.49 Å². The predicted octanol–water partition coefficient (Wildman–Crippen LogP) is 4.51. The fourth-order valence-corrected chi connectivity index (χ4v) is 4.23. The molecule has 1 aromatic carbocycles. The van der Waals surface area contributed by atoms with Crippen molar-refractivity contribution in [3.63, 3.8) is 0 Å². The Labute approximate surface area is 174 Å². The third-order valence-corrected chi connectivity index (χ3v) is 5.70. The molecule has 0 radical (unpaired) electrons. The van der Waals surface area contributed by atoms with E-state index >= 15 is 4.39 Å². The van der Waals surface area contributed by atoms with Crippen LogP contribution in [0.3, 0.4) is 0 Å². The first-order valence-electron chi connectivity index (χ1n) is 10.4. The summed E-state index contributed by atoms with van der Waals surface area (Å²) in [6.07, 6.45) is 5.51. The molecule has 1 N–H and O–H groups in total. The second-order valence-electron chi connectivity index (χ2n) is 7.64. The van der Waals surface area contributed by atoms with E-state index < -0.39 is 12.6 Å². The van der Waals surface area contributed by atoms with Gasteiger partial charge in [0.2, 0.25) is 5.95 Å².